The lowest BCUT2D eigenvalue weighted by Gasteiger charge is -2.14. The molecule has 0 saturated heterocycles. The van der Waals surface area contributed by atoms with Crippen LogP contribution in [0.25, 0.3) is 0 Å². The van der Waals surface area contributed by atoms with Crippen molar-refractivity contribution < 1.29 is 23.9 Å². The third kappa shape index (κ3) is 6.64. The smallest absolute Gasteiger partial charge is 0.326 e. The number of amides is 2. The molecule has 2 aromatic carbocycles. The molecule has 2 rings (SSSR count). The molecule has 0 aromatic heterocycles. The Morgan fingerprint density at radius 3 is 2.34 bits per heavy atom. The van der Waals surface area contributed by atoms with E-state index >= 15 is 0 Å². The highest BCUT2D eigenvalue weighted by Gasteiger charge is 2.19. The van der Waals surface area contributed by atoms with Gasteiger partial charge in [0.05, 0.1) is 12.2 Å². The molecule has 2 aromatic rings. The van der Waals surface area contributed by atoms with Crippen LogP contribution in [0.15, 0.2) is 48.5 Å². The molecular weight excluding hydrogens is 372 g/mol. The Bertz CT molecular complexity index is 849. The molecule has 0 spiro atoms. The lowest BCUT2D eigenvalue weighted by molar-refractivity contribution is -0.152. The van der Waals surface area contributed by atoms with Crippen LogP contribution < -0.4 is 15.4 Å². The molecule has 0 aliphatic rings. The molecule has 154 valence electrons. The fourth-order valence-electron chi connectivity index (χ4n) is 2.54. The van der Waals surface area contributed by atoms with Crippen molar-refractivity contribution in [2.75, 3.05) is 18.5 Å². The number of benzene rings is 2. The standard InChI is InChI=1S/C22H26N2O5/c1-4-16-10-12-17(13-11-16)24-21(26)15(3)29-20(25)14-23-22(27)18-8-6-7-9-19(18)28-5-2/h6-13,15H,4-5,14H2,1-3H3,(H,23,27)(H,24,26)/t15-/m1/s1. The Morgan fingerprint density at radius 2 is 1.69 bits per heavy atom. The molecule has 0 aliphatic carbocycles. The van der Waals surface area contributed by atoms with Gasteiger partial charge >= 0.3 is 5.97 Å². The maximum absolute atomic E-state index is 12.3. The summed E-state index contributed by atoms with van der Waals surface area (Å²) in [6, 6.07) is 14.2. The van der Waals surface area contributed by atoms with Crippen molar-refractivity contribution in [2.45, 2.75) is 33.3 Å². The fourth-order valence-corrected chi connectivity index (χ4v) is 2.54. The van der Waals surface area contributed by atoms with Crippen LogP contribution in [0.4, 0.5) is 5.69 Å². The van der Waals surface area contributed by atoms with E-state index in [1.54, 1.807) is 36.4 Å². The topological polar surface area (TPSA) is 93.7 Å². The summed E-state index contributed by atoms with van der Waals surface area (Å²) in [7, 11) is 0. The van der Waals surface area contributed by atoms with Gasteiger partial charge in [-0.05, 0) is 50.1 Å². The van der Waals surface area contributed by atoms with Gasteiger partial charge in [-0.25, -0.2) is 0 Å². The van der Waals surface area contributed by atoms with Crippen LogP contribution >= 0.6 is 0 Å². The van der Waals surface area contributed by atoms with Crippen LogP contribution in [-0.4, -0.2) is 37.0 Å². The summed E-state index contributed by atoms with van der Waals surface area (Å²) in [4.78, 5) is 36.5. The summed E-state index contributed by atoms with van der Waals surface area (Å²) in [6.07, 6.45) is -0.0933. The molecular formula is C22H26N2O5. The van der Waals surface area contributed by atoms with E-state index in [0.29, 0.717) is 23.6 Å². The molecule has 0 unspecified atom stereocenters. The summed E-state index contributed by atoms with van der Waals surface area (Å²) in [6.45, 7) is 5.39. The van der Waals surface area contributed by atoms with E-state index in [-0.39, 0.29) is 6.54 Å². The summed E-state index contributed by atoms with van der Waals surface area (Å²) >= 11 is 0. The summed E-state index contributed by atoms with van der Waals surface area (Å²) in [5.74, 6) is -1.19. The molecule has 29 heavy (non-hydrogen) atoms. The van der Waals surface area contributed by atoms with E-state index in [9.17, 15) is 14.4 Å². The Labute approximate surface area is 170 Å². The molecule has 0 heterocycles. The normalized spacial score (nSPS) is 11.3. The predicted molar refractivity (Wildman–Crippen MR) is 110 cm³/mol. The molecule has 2 amide bonds. The van der Waals surface area contributed by atoms with E-state index in [1.807, 2.05) is 26.0 Å². The van der Waals surface area contributed by atoms with Gasteiger partial charge in [-0.3, -0.25) is 14.4 Å². The third-order valence-corrected chi connectivity index (χ3v) is 4.13. The van der Waals surface area contributed by atoms with Gasteiger partial charge in [0.15, 0.2) is 6.10 Å². The van der Waals surface area contributed by atoms with Crippen LogP contribution in [0.1, 0.15) is 36.7 Å². The first kappa shape index (κ1) is 21.9. The van der Waals surface area contributed by atoms with Gasteiger partial charge in [0, 0.05) is 5.69 Å². The van der Waals surface area contributed by atoms with Gasteiger partial charge in [-0.1, -0.05) is 31.2 Å². The maximum atomic E-state index is 12.3. The quantitative estimate of drug-likeness (QED) is 0.634. The summed E-state index contributed by atoms with van der Waals surface area (Å²) in [5.41, 5.74) is 2.10. The predicted octanol–water partition coefficient (Wildman–Crippen LogP) is 2.95. The molecule has 0 bridgehead atoms. The van der Waals surface area contributed by atoms with Gasteiger partial charge in [0.1, 0.15) is 12.3 Å². The lowest BCUT2D eigenvalue weighted by Crippen LogP contribution is -2.36. The van der Waals surface area contributed by atoms with Crippen molar-refractivity contribution in [3.63, 3.8) is 0 Å². The average molecular weight is 398 g/mol. The Morgan fingerprint density at radius 1 is 1.00 bits per heavy atom. The number of para-hydroxylation sites is 1. The number of nitrogens with one attached hydrogen (secondary N) is 2. The van der Waals surface area contributed by atoms with Crippen molar-refractivity contribution in [2.24, 2.45) is 0 Å². The number of ether oxygens (including phenoxy) is 2. The molecule has 0 radical (unpaired) electrons. The van der Waals surface area contributed by atoms with Crippen LogP contribution in [0, 0.1) is 0 Å². The first-order chi connectivity index (χ1) is 13.9. The summed E-state index contributed by atoms with van der Waals surface area (Å²) in [5, 5.41) is 5.17. The highest BCUT2D eigenvalue weighted by atomic mass is 16.5. The molecule has 1 atom stereocenters. The van der Waals surface area contributed by atoms with Crippen LogP contribution in [0.3, 0.4) is 0 Å². The van der Waals surface area contributed by atoms with Crippen molar-refractivity contribution in [3.8, 4) is 5.75 Å². The molecule has 7 nitrogen and oxygen atoms in total. The van der Waals surface area contributed by atoms with Gasteiger partial charge in [-0.15, -0.1) is 0 Å². The van der Waals surface area contributed by atoms with Crippen molar-refractivity contribution in [1.29, 1.82) is 0 Å². The van der Waals surface area contributed by atoms with Gasteiger partial charge in [0.2, 0.25) is 0 Å². The Hall–Kier alpha value is -3.35. The van der Waals surface area contributed by atoms with Crippen molar-refractivity contribution >= 4 is 23.5 Å². The van der Waals surface area contributed by atoms with E-state index in [2.05, 4.69) is 10.6 Å². The Kier molecular flexibility index (Phi) is 8.21. The number of aryl methyl sites for hydroxylation is 1. The highest BCUT2D eigenvalue weighted by molar-refractivity contribution is 5.99. The second-order valence-corrected chi connectivity index (χ2v) is 6.28. The lowest BCUT2D eigenvalue weighted by atomic mass is 10.1. The molecule has 0 saturated carbocycles. The van der Waals surface area contributed by atoms with E-state index in [1.165, 1.54) is 6.92 Å². The number of hydrogen-bond donors (Lipinski definition) is 2. The number of carbonyl (C=O) groups excluding carboxylic acids is 3. The van der Waals surface area contributed by atoms with Crippen molar-refractivity contribution in [1.82, 2.24) is 5.32 Å². The van der Waals surface area contributed by atoms with E-state index in [4.69, 9.17) is 9.47 Å². The number of hydrogen-bond acceptors (Lipinski definition) is 5. The Balaban J connectivity index is 1.83. The molecule has 0 aliphatic heterocycles. The van der Waals surface area contributed by atoms with Gasteiger partial charge in [0.25, 0.3) is 11.8 Å². The number of esters is 1. The second kappa shape index (κ2) is 10.8. The zero-order valence-corrected chi connectivity index (χ0v) is 16.9. The monoisotopic (exact) mass is 398 g/mol. The van der Waals surface area contributed by atoms with Crippen LogP contribution in [0.2, 0.25) is 0 Å². The zero-order chi connectivity index (χ0) is 21.2. The minimum absolute atomic E-state index is 0.323. The van der Waals surface area contributed by atoms with Crippen molar-refractivity contribution in [3.05, 3.63) is 59.7 Å². The van der Waals surface area contributed by atoms with Crippen LogP contribution in [0.5, 0.6) is 5.75 Å². The molecule has 0 fully saturated rings. The number of anilines is 1. The average Bonchev–Trinajstić information content (AvgIpc) is 2.73. The first-order valence-corrected chi connectivity index (χ1v) is 9.53. The van der Waals surface area contributed by atoms with Gasteiger partial charge in [-0.2, -0.15) is 0 Å². The zero-order valence-electron chi connectivity index (χ0n) is 16.9. The molecule has 2 N–H and O–H groups in total. The minimum atomic E-state index is -0.999. The van der Waals surface area contributed by atoms with E-state index in [0.717, 1.165) is 12.0 Å². The number of rotatable bonds is 9. The fraction of sp³-hybridized carbons (Fsp3) is 0.318. The first-order valence-electron chi connectivity index (χ1n) is 9.53. The summed E-state index contributed by atoms with van der Waals surface area (Å²) < 4.78 is 10.5. The largest absolute Gasteiger partial charge is 0.493 e. The second-order valence-electron chi connectivity index (χ2n) is 6.28. The highest BCUT2D eigenvalue weighted by Crippen LogP contribution is 2.17. The molecule has 7 heteroatoms. The van der Waals surface area contributed by atoms with Crippen LogP contribution in [-0.2, 0) is 20.7 Å². The SMILES string of the molecule is CCOc1ccccc1C(=O)NCC(=O)O[C@H](C)C(=O)Nc1ccc(CC)cc1. The maximum Gasteiger partial charge on any atom is 0.326 e. The minimum Gasteiger partial charge on any atom is -0.493 e. The number of carbonyl (C=O) groups is 3. The van der Waals surface area contributed by atoms with Gasteiger partial charge < -0.3 is 20.1 Å². The van der Waals surface area contributed by atoms with E-state index < -0.39 is 23.9 Å². The third-order valence-electron chi connectivity index (χ3n) is 4.13.